The molecule has 1 rings (SSSR count). The van der Waals surface area contributed by atoms with E-state index < -0.39 is 5.97 Å². The monoisotopic (exact) mass is 263 g/mol. The van der Waals surface area contributed by atoms with Crippen LogP contribution in [0.25, 0.3) is 0 Å². The third kappa shape index (κ3) is 4.73. The van der Waals surface area contributed by atoms with E-state index in [4.69, 9.17) is 5.11 Å². The summed E-state index contributed by atoms with van der Waals surface area (Å²) in [4.78, 5) is 22.8. The average molecular weight is 263 g/mol. The molecule has 0 saturated heterocycles. The van der Waals surface area contributed by atoms with Gasteiger partial charge in [0.25, 0.3) is 5.91 Å². The third-order valence-electron chi connectivity index (χ3n) is 3.20. The second kappa shape index (κ2) is 6.92. The number of benzene rings is 1. The number of hydrogen-bond acceptors (Lipinski definition) is 2. The molecule has 19 heavy (non-hydrogen) atoms. The predicted molar refractivity (Wildman–Crippen MR) is 74.4 cm³/mol. The van der Waals surface area contributed by atoms with Crippen LogP contribution in [0.2, 0.25) is 0 Å². The highest BCUT2D eigenvalue weighted by atomic mass is 16.4. The highest BCUT2D eigenvalue weighted by Gasteiger charge is 2.13. The van der Waals surface area contributed by atoms with Crippen molar-refractivity contribution in [1.29, 1.82) is 0 Å². The molecule has 0 saturated carbocycles. The zero-order chi connectivity index (χ0) is 14.4. The van der Waals surface area contributed by atoms with Crippen molar-refractivity contribution >= 4 is 11.9 Å². The minimum Gasteiger partial charge on any atom is -0.478 e. The molecule has 0 fully saturated rings. The van der Waals surface area contributed by atoms with Crippen LogP contribution in [-0.4, -0.2) is 23.0 Å². The van der Waals surface area contributed by atoms with Gasteiger partial charge in [0.05, 0.1) is 5.56 Å². The Morgan fingerprint density at radius 2 is 1.89 bits per heavy atom. The van der Waals surface area contributed by atoms with Gasteiger partial charge in [-0.25, -0.2) is 4.79 Å². The predicted octanol–water partition coefficient (Wildman–Crippen LogP) is 2.94. The normalized spacial score (nSPS) is 13.6. The van der Waals surface area contributed by atoms with Crippen LogP contribution in [0.3, 0.4) is 0 Å². The lowest BCUT2D eigenvalue weighted by molar-refractivity contribution is 0.0697. The van der Waals surface area contributed by atoms with Gasteiger partial charge in [0.2, 0.25) is 0 Å². The van der Waals surface area contributed by atoms with E-state index in [2.05, 4.69) is 19.2 Å². The molecule has 0 radical (unpaired) electrons. The third-order valence-corrected chi connectivity index (χ3v) is 3.20. The lowest BCUT2D eigenvalue weighted by atomic mass is 10.00. The minimum atomic E-state index is -1.03. The molecule has 1 amide bonds. The van der Waals surface area contributed by atoms with Crippen LogP contribution in [0.15, 0.2) is 24.3 Å². The lowest BCUT2D eigenvalue weighted by Gasteiger charge is -2.17. The Balaban J connectivity index is 2.67. The molecule has 0 spiro atoms. The van der Waals surface area contributed by atoms with Gasteiger partial charge >= 0.3 is 5.97 Å². The van der Waals surface area contributed by atoms with Gasteiger partial charge in [-0.2, -0.15) is 0 Å². The molecule has 0 heterocycles. The zero-order valence-electron chi connectivity index (χ0n) is 11.6. The van der Waals surface area contributed by atoms with Gasteiger partial charge in [0.15, 0.2) is 0 Å². The van der Waals surface area contributed by atoms with Gasteiger partial charge in [-0.05, 0) is 37.5 Å². The van der Waals surface area contributed by atoms with Crippen molar-refractivity contribution in [3.05, 3.63) is 35.4 Å². The molecule has 4 heteroatoms. The Hall–Kier alpha value is -1.84. The molecular formula is C15H21NO3. The van der Waals surface area contributed by atoms with E-state index in [1.165, 1.54) is 12.1 Å². The summed E-state index contributed by atoms with van der Waals surface area (Å²) in [5, 5.41) is 11.8. The largest absolute Gasteiger partial charge is 0.478 e. The molecule has 0 bridgehead atoms. The van der Waals surface area contributed by atoms with Crippen molar-refractivity contribution in [1.82, 2.24) is 5.32 Å². The quantitative estimate of drug-likeness (QED) is 0.829. The molecule has 2 unspecified atom stereocenters. The standard InChI is InChI=1S/C15H21NO3/c1-4-10(2)8-11(3)16-14(17)12-6-5-7-13(9-12)15(18)19/h5-7,9-11H,4,8H2,1-3H3,(H,16,17)(H,18,19). The van der Waals surface area contributed by atoms with Gasteiger partial charge in [0, 0.05) is 11.6 Å². The highest BCUT2D eigenvalue weighted by molar-refractivity contribution is 5.97. The fourth-order valence-corrected chi connectivity index (χ4v) is 1.93. The topological polar surface area (TPSA) is 66.4 Å². The second-order valence-corrected chi connectivity index (χ2v) is 5.01. The maximum absolute atomic E-state index is 12.0. The first-order valence-corrected chi connectivity index (χ1v) is 6.58. The summed E-state index contributed by atoms with van der Waals surface area (Å²) in [6.45, 7) is 6.23. The average Bonchev–Trinajstić information content (AvgIpc) is 2.38. The fourth-order valence-electron chi connectivity index (χ4n) is 1.93. The van der Waals surface area contributed by atoms with E-state index in [-0.39, 0.29) is 17.5 Å². The number of carbonyl (C=O) groups is 2. The molecule has 1 aromatic carbocycles. The number of amides is 1. The summed E-state index contributed by atoms with van der Waals surface area (Å²) in [6, 6.07) is 6.15. The molecule has 2 atom stereocenters. The van der Waals surface area contributed by atoms with E-state index in [9.17, 15) is 9.59 Å². The second-order valence-electron chi connectivity index (χ2n) is 5.01. The van der Waals surface area contributed by atoms with Crippen LogP contribution in [0, 0.1) is 5.92 Å². The minimum absolute atomic E-state index is 0.0796. The van der Waals surface area contributed by atoms with Crippen molar-refractivity contribution in [3.63, 3.8) is 0 Å². The summed E-state index contributed by atoms with van der Waals surface area (Å²) < 4.78 is 0. The number of rotatable bonds is 6. The molecular weight excluding hydrogens is 242 g/mol. The first-order chi connectivity index (χ1) is 8.93. The Morgan fingerprint density at radius 3 is 2.47 bits per heavy atom. The number of carbonyl (C=O) groups excluding carboxylic acids is 1. The van der Waals surface area contributed by atoms with Crippen molar-refractivity contribution < 1.29 is 14.7 Å². The van der Waals surface area contributed by atoms with Gasteiger partial charge in [-0.15, -0.1) is 0 Å². The molecule has 0 aliphatic rings. The van der Waals surface area contributed by atoms with Gasteiger partial charge in [-0.1, -0.05) is 26.3 Å². The summed E-state index contributed by atoms with van der Waals surface area (Å²) in [5.41, 5.74) is 0.512. The smallest absolute Gasteiger partial charge is 0.335 e. The summed E-state index contributed by atoms with van der Waals surface area (Å²) in [7, 11) is 0. The van der Waals surface area contributed by atoms with E-state index in [0.717, 1.165) is 12.8 Å². The fraction of sp³-hybridized carbons (Fsp3) is 0.467. The number of carboxylic acid groups (broad SMARTS) is 1. The molecule has 0 aliphatic carbocycles. The van der Waals surface area contributed by atoms with Crippen LogP contribution < -0.4 is 5.32 Å². The Kier molecular flexibility index (Phi) is 5.55. The number of nitrogens with one attached hydrogen (secondary N) is 1. The Bertz CT molecular complexity index is 456. The van der Waals surface area contributed by atoms with Crippen LogP contribution in [0.1, 0.15) is 54.3 Å². The molecule has 0 aliphatic heterocycles. The maximum Gasteiger partial charge on any atom is 0.335 e. The van der Waals surface area contributed by atoms with Crippen molar-refractivity contribution in [3.8, 4) is 0 Å². The van der Waals surface area contributed by atoms with E-state index in [1.807, 2.05) is 6.92 Å². The maximum atomic E-state index is 12.0. The van der Waals surface area contributed by atoms with Crippen LogP contribution in [0.5, 0.6) is 0 Å². The molecule has 1 aromatic rings. The van der Waals surface area contributed by atoms with E-state index >= 15 is 0 Å². The molecule has 0 aromatic heterocycles. The Labute approximate surface area is 113 Å². The molecule has 4 nitrogen and oxygen atoms in total. The van der Waals surface area contributed by atoms with Crippen LogP contribution in [0.4, 0.5) is 0 Å². The lowest BCUT2D eigenvalue weighted by Crippen LogP contribution is -2.33. The zero-order valence-corrected chi connectivity index (χ0v) is 11.6. The first kappa shape index (κ1) is 15.2. The van der Waals surface area contributed by atoms with Crippen molar-refractivity contribution in [2.24, 2.45) is 5.92 Å². The van der Waals surface area contributed by atoms with Crippen LogP contribution in [-0.2, 0) is 0 Å². The van der Waals surface area contributed by atoms with E-state index in [1.54, 1.807) is 12.1 Å². The number of aromatic carboxylic acids is 1. The van der Waals surface area contributed by atoms with Crippen LogP contribution >= 0.6 is 0 Å². The van der Waals surface area contributed by atoms with Crippen molar-refractivity contribution in [2.75, 3.05) is 0 Å². The van der Waals surface area contributed by atoms with Gasteiger partial charge < -0.3 is 10.4 Å². The summed E-state index contributed by atoms with van der Waals surface area (Å²) >= 11 is 0. The molecule has 2 N–H and O–H groups in total. The van der Waals surface area contributed by atoms with Crippen molar-refractivity contribution in [2.45, 2.75) is 39.7 Å². The summed E-state index contributed by atoms with van der Waals surface area (Å²) in [6.07, 6.45) is 2.00. The SMILES string of the molecule is CCC(C)CC(C)NC(=O)c1cccc(C(=O)O)c1. The summed E-state index contributed by atoms with van der Waals surface area (Å²) in [5.74, 6) is -0.693. The Morgan fingerprint density at radius 1 is 1.26 bits per heavy atom. The van der Waals surface area contributed by atoms with E-state index in [0.29, 0.717) is 11.5 Å². The number of hydrogen-bond donors (Lipinski definition) is 2. The first-order valence-electron chi connectivity index (χ1n) is 6.58. The molecule has 104 valence electrons. The van der Waals surface area contributed by atoms with Gasteiger partial charge in [-0.3, -0.25) is 4.79 Å². The number of carboxylic acids is 1. The van der Waals surface area contributed by atoms with Gasteiger partial charge in [0.1, 0.15) is 0 Å². The highest BCUT2D eigenvalue weighted by Crippen LogP contribution is 2.11.